The zero-order valence-electron chi connectivity index (χ0n) is 16.7. The Bertz CT molecular complexity index is 1300. The number of esters is 1. The highest BCUT2D eigenvalue weighted by atomic mass is 35.5. The van der Waals surface area contributed by atoms with Gasteiger partial charge in [-0.3, -0.25) is 9.78 Å². The van der Waals surface area contributed by atoms with Gasteiger partial charge in [0, 0.05) is 28.0 Å². The van der Waals surface area contributed by atoms with Gasteiger partial charge in [0.05, 0.1) is 18.3 Å². The van der Waals surface area contributed by atoms with Crippen LogP contribution in [0.1, 0.15) is 25.6 Å². The van der Waals surface area contributed by atoms with Crippen molar-refractivity contribution in [2.75, 3.05) is 7.11 Å². The molecule has 160 valence electrons. The molecule has 0 saturated heterocycles. The van der Waals surface area contributed by atoms with Crippen LogP contribution in [-0.2, 0) is 0 Å². The Kier molecular flexibility index (Phi) is 6.44. The van der Waals surface area contributed by atoms with Gasteiger partial charge in [-0.15, -0.1) is 11.3 Å². The van der Waals surface area contributed by atoms with Crippen LogP contribution >= 0.6 is 22.9 Å². The highest BCUT2D eigenvalue weighted by molar-refractivity contribution is 7.21. The molecule has 0 radical (unpaired) electrons. The lowest BCUT2D eigenvalue weighted by atomic mass is 10.2. The zero-order chi connectivity index (χ0) is 22.5. The van der Waals surface area contributed by atoms with E-state index in [1.165, 1.54) is 29.9 Å². The molecule has 4 rings (SSSR count). The highest BCUT2D eigenvalue weighted by Gasteiger charge is 2.19. The Morgan fingerprint density at radius 2 is 1.78 bits per heavy atom. The molecule has 2 aromatic heterocycles. The first-order valence-corrected chi connectivity index (χ1v) is 10.6. The summed E-state index contributed by atoms with van der Waals surface area (Å²) in [6.45, 7) is 0. The second kappa shape index (κ2) is 9.59. The largest absolute Gasteiger partial charge is 0.497 e. The third-order valence-electron chi connectivity index (χ3n) is 4.43. The molecule has 0 spiro atoms. The number of rotatable bonds is 6. The fraction of sp³-hybridized carbons (Fsp3) is 0.0435. The summed E-state index contributed by atoms with van der Waals surface area (Å²) in [6, 6.07) is 15.3. The number of nitrogens with one attached hydrogen (secondary N) is 1. The second-order valence-electron chi connectivity index (χ2n) is 6.50. The Morgan fingerprint density at radius 1 is 1.06 bits per heavy atom. The van der Waals surface area contributed by atoms with Crippen molar-refractivity contribution in [1.29, 1.82) is 0 Å². The molecule has 32 heavy (non-hydrogen) atoms. The quantitative estimate of drug-likeness (QED) is 0.188. The van der Waals surface area contributed by atoms with E-state index in [9.17, 15) is 9.59 Å². The van der Waals surface area contributed by atoms with Crippen LogP contribution < -0.4 is 14.9 Å². The number of pyridine rings is 1. The molecular formula is C23H16ClN3O4S. The number of thiophene rings is 1. The van der Waals surface area contributed by atoms with Crippen LogP contribution in [0, 0.1) is 0 Å². The SMILES string of the molecule is COc1ccc2c(Cl)c(C(=O)Oc3ccc(/C=N\NC(=O)c4ccncc4)cc3)sc2c1. The van der Waals surface area contributed by atoms with Gasteiger partial charge < -0.3 is 9.47 Å². The Morgan fingerprint density at radius 3 is 2.50 bits per heavy atom. The average molecular weight is 466 g/mol. The Labute approximate surface area is 192 Å². The molecule has 0 atom stereocenters. The molecule has 0 unspecified atom stereocenters. The number of methoxy groups -OCH3 is 1. The van der Waals surface area contributed by atoms with Crippen LogP contribution in [0.25, 0.3) is 10.1 Å². The van der Waals surface area contributed by atoms with E-state index < -0.39 is 5.97 Å². The molecule has 0 bridgehead atoms. The first-order chi connectivity index (χ1) is 15.5. The van der Waals surface area contributed by atoms with E-state index in [4.69, 9.17) is 21.1 Å². The van der Waals surface area contributed by atoms with Crippen molar-refractivity contribution < 1.29 is 19.1 Å². The van der Waals surface area contributed by atoms with E-state index in [-0.39, 0.29) is 5.91 Å². The number of benzene rings is 2. The third-order valence-corrected chi connectivity index (χ3v) is 6.07. The summed E-state index contributed by atoms with van der Waals surface area (Å²) >= 11 is 7.62. The third kappa shape index (κ3) is 4.77. The minimum atomic E-state index is -0.541. The Balaban J connectivity index is 1.40. The van der Waals surface area contributed by atoms with Crippen LogP contribution in [-0.4, -0.2) is 30.2 Å². The van der Waals surface area contributed by atoms with E-state index in [1.807, 2.05) is 12.1 Å². The van der Waals surface area contributed by atoms with Crippen LogP contribution in [0.5, 0.6) is 11.5 Å². The summed E-state index contributed by atoms with van der Waals surface area (Å²) in [5.41, 5.74) is 3.61. The molecule has 2 heterocycles. The molecule has 9 heteroatoms. The van der Waals surface area contributed by atoms with Crippen LogP contribution in [0.2, 0.25) is 5.02 Å². The molecule has 1 N–H and O–H groups in total. The van der Waals surface area contributed by atoms with Crippen molar-refractivity contribution in [1.82, 2.24) is 10.4 Å². The number of carbonyl (C=O) groups is 2. The minimum Gasteiger partial charge on any atom is -0.497 e. The van der Waals surface area contributed by atoms with Crippen LogP contribution in [0.15, 0.2) is 72.1 Å². The normalized spacial score (nSPS) is 10.9. The molecule has 0 aliphatic heterocycles. The van der Waals surface area contributed by atoms with Gasteiger partial charge >= 0.3 is 5.97 Å². The fourth-order valence-corrected chi connectivity index (χ4v) is 4.23. The van der Waals surface area contributed by atoms with Crippen molar-refractivity contribution in [2.24, 2.45) is 5.10 Å². The predicted molar refractivity (Wildman–Crippen MR) is 124 cm³/mol. The number of halogens is 1. The van der Waals surface area contributed by atoms with Crippen molar-refractivity contribution in [3.63, 3.8) is 0 Å². The standard InChI is InChI=1S/C23H16ClN3O4S/c1-30-17-6-7-18-19(12-17)32-21(20(18)24)23(29)31-16-4-2-14(3-5-16)13-26-27-22(28)15-8-10-25-11-9-15/h2-13H,1H3,(H,27,28)/b26-13-. The summed E-state index contributed by atoms with van der Waals surface area (Å²) in [5, 5.41) is 5.05. The van der Waals surface area contributed by atoms with Gasteiger partial charge in [0.25, 0.3) is 5.91 Å². The second-order valence-corrected chi connectivity index (χ2v) is 7.93. The number of nitrogens with zero attached hydrogens (tertiary/aromatic N) is 2. The van der Waals surface area contributed by atoms with Gasteiger partial charge in [-0.25, -0.2) is 10.2 Å². The predicted octanol–water partition coefficient (Wildman–Crippen LogP) is 4.94. The summed E-state index contributed by atoms with van der Waals surface area (Å²) in [6.07, 6.45) is 4.55. The zero-order valence-corrected chi connectivity index (χ0v) is 18.3. The summed E-state index contributed by atoms with van der Waals surface area (Å²) in [5.74, 6) is 0.164. The number of amides is 1. The minimum absolute atomic E-state index is 0.319. The van der Waals surface area contributed by atoms with E-state index >= 15 is 0 Å². The van der Waals surface area contributed by atoms with E-state index in [0.29, 0.717) is 32.5 Å². The molecule has 2 aromatic carbocycles. The van der Waals surface area contributed by atoms with E-state index in [2.05, 4.69) is 15.5 Å². The van der Waals surface area contributed by atoms with E-state index in [1.54, 1.807) is 49.6 Å². The molecular weight excluding hydrogens is 450 g/mol. The van der Waals surface area contributed by atoms with Crippen molar-refractivity contribution in [3.05, 3.63) is 88.0 Å². The number of ether oxygens (including phenoxy) is 2. The lowest BCUT2D eigenvalue weighted by Gasteiger charge is -2.03. The number of hydrogen-bond acceptors (Lipinski definition) is 7. The molecule has 1 amide bonds. The first-order valence-electron chi connectivity index (χ1n) is 9.37. The van der Waals surface area contributed by atoms with Crippen LogP contribution in [0.3, 0.4) is 0 Å². The highest BCUT2D eigenvalue weighted by Crippen LogP contribution is 2.37. The van der Waals surface area contributed by atoms with Crippen LogP contribution in [0.4, 0.5) is 0 Å². The van der Waals surface area contributed by atoms with Gasteiger partial charge in [-0.2, -0.15) is 5.10 Å². The maximum Gasteiger partial charge on any atom is 0.355 e. The maximum absolute atomic E-state index is 12.6. The number of aromatic nitrogens is 1. The molecule has 0 aliphatic rings. The number of hydrogen-bond donors (Lipinski definition) is 1. The van der Waals surface area contributed by atoms with Gasteiger partial charge in [-0.05, 0) is 60.2 Å². The maximum atomic E-state index is 12.6. The summed E-state index contributed by atoms with van der Waals surface area (Å²) in [4.78, 5) is 28.7. The van der Waals surface area contributed by atoms with Gasteiger partial charge in [0.2, 0.25) is 0 Å². The van der Waals surface area contributed by atoms with Crippen molar-refractivity contribution >= 4 is 51.1 Å². The molecule has 0 saturated carbocycles. The first kappa shape index (κ1) is 21.5. The summed E-state index contributed by atoms with van der Waals surface area (Å²) in [7, 11) is 1.58. The molecule has 0 fully saturated rings. The van der Waals surface area contributed by atoms with Gasteiger partial charge in [-0.1, -0.05) is 11.6 Å². The van der Waals surface area contributed by atoms with Crippen molar-refractivity contribution in [3.8, 4) is 11.5 Å². The lowest BCUT2D eigenvalue weighted by molar-refractivity contribution is 0.0739. The number of hydrazone groups is 1. The smallest absolute Gasteiger partial charge is 0.355 e. The number of fused-ring (bicyclic) bond motifs is 1. The van der Waals surface area contributed by atoms with Gasteiger partial charge in [0.1, 0.15) is 16.4 Å². The van der Waals surface area contributed by atoms with Gasteiger partial charge in [0.15, 0.2) is 0 Å². The Hall–Kier alpha value is -3.75. The van der Waals surface area contributed by atoms with Crippen molar-refractivity contribution in [2.45, 2.75) is 0 Å². The molecule has 4 aromatic rings. The van der Waals surface area contributed by atoms with E-state index in [0.717, 1.165) is 10.1 Å². The number of carbonyl (C=O) groups excluding carboxylic acids is 2. The fourth-order valence-electron chi connectivity index (χ4n) is 2.81. The average Bonchev–Trinajstić information content (AvgIpc) is 3.16. The monoisotopic (exact) mass is 465 g/mol. The molecule has 7 nitrogen and oxygen atoms in total. The summed E-state index contributed by atoms with van der Waals surface area (Å²) < 4.78 is 11.5. The molecule has 0 aliphatic carbocycles. The topological polar surface area (TPSA) is 89.9 Å². The lowest BCUT2D eigenvalue weighted by Crippen LogP contribution is -2.17.